The van der Waals surface area contributed by atoms with Crippen LogP contribution in [0.1, 0.15) is 33.2 Å². The molecule has 0 unspecified atom stereocenters. The van der Waals surface area contributed by atoms with Crippen LogP contribution in [-0.2, 0) is 25.5 Å². The molecule has 1 aliphatic rings. The molecule has 0 saturated heterocycles. The van der Waals surface area contributed by atoms with Crippen LogP contribution in [0, 0.1) is 12.3 Å². The lowest BCUT2D eigenvalue weighted by Crippen LogP contribution is -2.52. The van der Waals surface area contributed by atoms with E-state index in [-0.39, 0.29) is 18.9 Å². The molecule has 0 bridgehead atoms. The number of methoxy groups -OCH3 is 1. The van der Waals surface area contributed by atoms with Crippen LogP contribution in [-0.4, -0.2) is 53.4 Å². The molecule has 2 atom stereocenters. The SMILES string of the molecule is C#CCOC(=O)[C@@H]1Cc2c([nH]c3ccccc23)[C@H](c2ccc(C(=O)OC)cc2)N1C(=O)CCl. The Bertz CT molecular complexity index is 1260. The van der Waals surface area contributed by atoms with Crippen LogP contribution in [0.5, 0.6) is 0 Å². The smallest absolute Gasteiger partial charge is 0.337 e. The van der Waals surface area contributed by atoms with Gasteiger partial charge in [0.05, 0.1) is 18.7 Å². The molecule has 1 aromatic heterocycles. The van der Waals surface area contributed by atoms with Gasteiger partial charge in [-0.3, -0.25) is 4.79 Å². The lowest BCUT2D eigenvalue weighted by molar-refractivity contribution is -0.155. The minimum absolute atomic E-state index is 0.197. The molecule has 3 aromatic rings. The summed E-state index contributed by atoms with van der Waals surface area (Å²) < 4.78 is 10.0. The van der Waals surface area contributed by atoms with Crippen molar-refractivity contribution in [1.82, 2.24) is 9.88 Å². The molecule has 0 radical (unpaired) electrons. The summed E-state index contributed by atoms with van der Waals surface area (Å²) in [6.07, 6.45) is 5.51. The summed E-state index contributed by atoms with van der Waals surface area (Å²) in [7, 11) is 1.31. The highest BCUT2D eigenvalue weighted by Crippen LogP contribution is 2.41. The maximum atomic E-state index is 13.0. The van der Waals surface area contributed by atoms with Gasteiger partial charge in [-0.2, -0.15) is 0 Å². The second-order valence-electron chi connectivity index (χ2n) is 7.55. The first-order chi connectivity index (χ1) is 16.0. The van der Waals surface area contributed by atoms with Crippen LogP contribution in [0.2, 0.25) is 0 Å². The molecule has 168 valence electrons. The Morgan fingerprint density at radius 3 is 2.58 bits per heavy atom. The number of amides is 1. The Balaban J connectivity index is 1.90. The lowest BCUT2D eigenvalue weighted by Gasteiger charge is -2.40. The number of hydrogen-bond acceptors (Lipinski definition) is 5. The van der Waals surface area contributed by atoms with Crippen molar-refractivity contribution in [3.63, 3.8) is 0 Å². The molecule has 0 fully saturated rings. The van der Waals surface area contributed by atoms with Gasteiger partial charge >= 0.3 is 11.9 Å². The summed E-state index contributed by atoms with van der Waals surface area (Å²) in [5.74, 6) is 0.473. The third kappa shape index (κ3) is 4.06. The summed E-state index contributed by atoms with van der Waals surface area (Å²) in [5, 5.41) is 0.955. The highest BCUT2D eigenvalue weighted by molar-refractivity contribution is 6.27. The van der Waals surface area contributed by atoms with Crippen molar-refractivity contribution >= 4 is 40.3 Å². The number of aromatic amines is 1. The zero-order chi connectivity index (χ0) is 23.5. The fourth-order valence-corrected chi connectivity index (χ4v) is 4.46. The number of carbonyl (C=O) groups excluding carboxylic acids is 3. The van der Waals surface area contributed by atoms with Crippen molar-refractivity contribution in [3.05, 3.63) is 70.9 Å². The summed E-state index contributed by atoms with van der Waals surface area (Å²) in [6, 6.07) is 12.9. The summed E-state index contributed by atoms with van der Waals surface area (Å²) in [5.41, 5.74) is 3.64. The molecule has 2 aromatic carbocycles. The van der Waals surface area contributed by atoms with E-state index in [0.717, 1.165) is 22.2 Å². The van der Waals surface area contributed by atoms with Gasteiger partial charge in [0.15, 0.2) is 6.61 Å². The standard InChI is InChI=1S/C25H21ClN2O5/c1-3-12-33-25(31)20-13-18-17-6-4-5-7-19(17)27-22(18)23(28(20)21(29)14-26)15-8-10-16(11-9-15)24(30)32-2/h1,4-11,20,23,27H,12-14H2,2H3/t20-,23-/m0/s1. The number of aromatic nitrogens is 1. The normalized spacial score (nSPS) is 17.2. The molecule has 4 rings (SSSR count). The number of nitrogens with one attached hydrogen (secondary N) is 1. The van der Waals surface area contributed by atoms with Crippen molar-refractivity contribution < 1.29 is 23.9 Å². The van der Waals surface area contributed by atoms with E-state index < -0.39 is 29.9 Å². The number of rotatable bonds is 5. The van der Waals surface area contributed by atoms with Crippen LogP contribution < -0.4 is 0 Å². The number of ether oxygens (including phenoxy) is 2. The number of halogens is 1. The molecule has 1 aliphatic heterocycles. The minimum atomic E-state index is -0.915. The molecule has 1 N–H and O–H groups in total. The molecule has 1 amide bonds. The number of terminal acetylenes is 1. The van der Waals surface area contributed by atoms with Crippen molar-refractivity contribution in [2.75, 3.05) is 19.6 Å². The minimum Gasteiger partial charge on any atom is -0.465 e. The lowest BCUT2D eigenvalue weighted by atomic mass is 9.87. The number of alkyl halides is 1. The number of hydrogen-bond donors (Lipinski definition) is 1. The predicted molar refractivity (Wildman–Crippen MR) is 123 cm³/mol. The molecule has 0 saturated carbocycles. The molecule has 2 heterocycles. The molecule has 0 spiro atoms. The second kappa shape index (κ2) is 9.39. The van der Waals surface area contributed by atoms with Crippen molar-refractivity contribution in [2.45, 2.75) is 18.5 Å². The van der Waals surface area contributed by atoms with Crippen LogP contribution in [0.25, 0.3) is 10.9 Å². The van der Waals surface area contributed by atoms with Gasteiger partial charge in [-0.05, 0) is 29.3 Å². The van der Waals surface area contributed by atoms with Gasteiger partial charge in [0.2, 0.25) is 5.91 Å². The van der Waals surface area contributed by atoms with E-state index in [9.17, 15) is 14.4 Å². The molecule has 8 heteroatoms. The first-order valence-electron chi connectivity index (χ1n) is 10.2. The van der Waals surface area contributed by atoms with Gasteiger partial charge in [-0.25, -0.2) is 9.59 Å². The van der Waals surface area contributed by atoms with E-state index in [2.05, 4.69) is 10.9 Å². The molecular formula is C25H21ClN2O5. The van der Waals surface area contributed by atoms with Crippen LogP contribution >= 0.6 is 11.6 Å². The Morgan fingerprint density at radius 2 is 1.91 bits per heavy atom. The largest absolute Gasteiger partial charge is 0.465 e. The van der Waals surface area contributed by atoms with Crippen molar-refractivity contribution in [1.29, 1.82) is 0 Å². The zero-order valence-corrected chi connectivity index (χ0v) is 18.6. The fraction of sp³-hybridized carbons (Fsp3) is 0.240. The van der Waals surface area contributed by atoms with Crippen LogP contribution in [0.4, 0.5) is 0 Å². The third-order valence-corrected chi connectivity index (χ3v) is 5.98. The quantitative estimate of drug-likeness (QED) is 0.356. The highest BCUT2D eigenvalue weighted by Gasteiger charge is 2.43. The number of H-pyrrole nitrogens is 1. The third-order valence-electron chi connectivity index (χ3n) is 5.75. The van der Waals surface area contributed by atoms with Gasteiger partial charge in [0.25, 0.3) is 0 Å². The maximum absolute atomic E-state index is 13.0. The number of carbonyl (C=O) groups is 3. The second-order valence-corrected chi connectivity index (χ2v) is 7.81. The van der Waals surface area contributed by atoms with Crippen LogP contribution in [0.15, 0.2) is 48.5 Å². The zero-order valence-electron chi connectivity index (χ0n) is 17.8. The van der Waals surface area contributed by atoms with E-state index in [0.29, 0.717) is 11.1 Å². The molecular weight excluding hydrogens is 444 g/mol. The van der Waals surface area contributed by atoms with E-state index in [4.69, 9.17) is 27.5 Å². The van der Waals surface area contributed by atoms with Crippen LogP contribution in [0.3, 0.4) is 0 Å². The summed E-state index contributed by atoms with van der Waals surface area (Å²) in [6.45, 7) is -0.197. The number of fused-ring (bicyclic) bond motifs is 3. The number of para-hydroxylation sites is 1. The molecule has 7 nitrogen and oxygen atoms in total. The molecule has 33 heavy (non-hydrogen) atoms. The topological polar surface area (TPSA) is 88.7 Å². The molecule has 0 aliphatic carbocycles. The predicted octanol–water partition coefficient (Wildman–Crippen LogP) is 3.21. The number of esters is 2. The number of benzene rings is 2. The fourth-order valence-electron chi connectivity index (χ4n) is 4.32. The Hall–Kier alpha value is -3.76. The van der Waals surface area contributed by atoms with Gasteiger partial charge in [0.1, 0.15) is 11.9 Å². The van der Waals surface area contributed by atoms with E-state index >= 15 is 0 Å². The van der Waals surface area contributed by atoms with E-state index in [1.165, 1.54) is 12.0 Å². The average Bonchev–Trinajstić information content (AvgIpc) is 3.23. The Kier molecular flexibility index (Phi) is 6.38. The Labute approximate surface area is 195 Å². The van der Waals surface area contributed by atoms with E-state index in [1.54, 1.807) is 24.3 Å². The maximum Gasteiger partial charge on any atom is 0.337 e. The van der Waals surface area contributed by atoms with E-state index in [1.807, 2.05) is 24.3 Å². The van der Waals surface area contributed by atoms with Gasteiger partial charge in [0, 0.05) is 23.0 Å². The first-order valence-corrected chi connectivity index (χ1v) is 10.8. The summed E-state index contributed by atoms with van der Waals surface area (Å²) in [4.78, 5) is 42.8. The monoisotopic (exact) mass is 464 g/mol. The Morgan fingerprint density at radius 1 is 1.18 bits per heavy atom. The average molecular weight is 465 g/mol. The van der Waals surface area contributed by atoms with Gasteiger partial charge in [-0.15, -0.1) is 18.0 Å². The number of nitrogens with zero attached hydrogens (tertiary/aromatic N) is 1. The van der Waals surface area contributed by atoms with Crippen molar-refractivity contribution in [2.24, 2.45) is 0 Å². The van der Waals surface area contributed by atoms with Gasteiger partial charge < -0.3 is 19.4 Å². The highest BCUT2D eigenvalue weighted by atomic mass is 35.5. The first kappa shape index (κ1) is 22.4. The summed E-state index contributed by atoms with van der Waals surface area (Å²) >= 11 is 5.96. The van der Waals surface area contributed by atoms with Gasteiger partial charge in [-0.1, -0.05) is 36.3 Å². The van der Waals surface area contributed by atoms with Crippen molar-refractivity contribution in [3.8, 4) is 12.3 Å².